The van der Waals surface area contributed by atoms with E-state index in [9.17, 15) is 14.9 Å². The van der Waals surface area contributed by atoms with Crippen LogP contribution in [0.1, 0.15) is 42.5 Å². The second kappa shape index (κ2) is 6.43. The molecule has 1 aromatic heterocycles. The first kappa shape index (κ1) is 16.4. The summed E-state index contributed by atoms with van der Waals surface area (Å²) in [5, 5.41) is 14.2. The Morgan fingerprint density at radius 2 is 1.87 bits per heavy atom. The van der Waals surface area contributed by atoms with E-state index in [4.69, 9.17) is 4.42 Å². The molecule has 1 N–H and O–H groups in total. The normalized spacial score (nSPS) is 11.6. The summed E-state index contributed by atoms with van der Waals surface area (Å²) in [5.74, 6) is -0.571. The molecule has 0 unspecified atom stereocenters. The smallest absolute Gasteiger partial charge is 0.400 e. The van der Waals surface area contributed by atoms with E-state index < -0.39 is 4.92 Å². The van der Waals surface area contributed by atoms with E-state index in [-0.39, 0.29) is 23.0 Å². The molecule has 0 aliphatic carbocycles. The van der Waals surface area contributed by atoms with Crippen LogP contribution in [-0.4, -0.2) is 17.0 Å². The minimum atomic E-state index is -0.646. The van der Waals surface area contributed by atoms with Crippen LogP contribution in [-0.2, 0) is 5.41 Å². The number of amides is 1. The predicted molar refractivity (Wildman–Crippen MR) is 85.6 cm³/mol. The fourth-order valence-corrected chi connectivity index (χ4v) is 1.85. The number of hydrogen-bond donors (Lipinski definition) is 1. The van der Waals surface area contributed by atoms with E-state index in [0.717, 1.165) is 5.56 Å². The molecule has 0 radical (unpaired) electrons. The number of furan rings is 1. The zero-order valence-electron chi connectivity index (χ0n) is 13.1. The van der Waals surface area contributed by atoms with Crippen molar-refractivity contribution in [3.05, 3.63) is 63.4 Å². The van der Waals surface area contributed by atoms with Crippen molar-refractivity contribution in [2.24, 2.45) is 5.10 Å². The second-order valence-electron chi connectivity index (χ2n) is 5.96. The van der Waals surface area contributed by atoms with Gasteiger partial charge >= 0.3 is 5.88 Å². The maximum absolute atomic E-state index is 11.9. The van der Waals surface area contributed by atoms with Crippen LogP contribution in [0.5, 0.6) is 0 Å². The van der Waals surface area contributed by atoms with Crippen molar-refractivity contribution < 1.29 is 14.1 Å². The molecule has 120 valence electrons. The van der Waals surface area contributed by atoms with Gasteiger partial charge in [-0.2, -0.15) is 5.10 Å². The number of carbonyl (C=O) groups excluding carboxylic acids is 1. The van der Waals surface area contributed by atoms with E-state index in [1.807, 2.05) is 12.1 Å². The number of benzene rings is 1. The molecule has 0 saturated heterocycles. The Morgan fingerprint density at radius 3 is 2.39 bits per heavy atom. The van der Waals surface area contributed by atoms with Gasteiger partial charge in [0.1, 0.15) is 4.92 Å². The highest BCUT2D eigenvalue weighted by molar-refractivity contribution is 5.94. The minimum Gasteiger partial charge on any atom is -0.400 e. The van der Waals surface area contributed by atoms with E-state index in [1.54, 1.807) is 12.1 Å². The van der Waals surface area contributed by atoms with Crippen molar-refractivity contribution in [3.8, 4) is 0 Å². The van der Waals surface area contributed by atoms with Crippen LogP contribution in [0.4, 0.5) is 5.88 Å². The van der Waals surface area contributed by atoms with Crippen LogP contribution in [0.2, 0.25) is 0 Å². The summed E-state index contributed by atoms with van der Waals surface area (Å²) in [5.41, 5.74) is 3.96. The molecule has 1 aromatic carbocycles. The van der Waals surface area contributed by atoms with Gasteiger partial charge in [-0.05, 0) is 29.2 Å². The molecular weight excluding hydrogens is 298 g/mol. The minimum absolute atomic E-state index is 0.0150. The highest BCUT2D eigenvalue weighted by Gasteiger charge is 2.14. The fourth-order valence-electron chi connectivity index (χ4n) is 1.85. The van der Waals surface area contributed by atoms with Gasteiger partial charge in [0, 0.05) is 5.56 Å². The first-order valence-electron chi connectivity index (χ1n) is 6.95. The van der Waals surface area contributed by atoms with Gasteiger partial charge in [-0.1, -0.05) is 32.9 Å². The van der Waals surface area contributed by atoms with Gasteiger partial charge in [-0.15, -0.1) is 0 Å². The van der Waals surface area contributed by atoms with Crippen LogP contribution < -0.4 is 5.43 Å². The number of hydrogen-bond acceptors (Lipinski definition) is 5. The summed E-state index contributed by atoms with van der Waals surface area (Å²) < 4.78 is 4.89. The van der Waals surface area contributed by atoms with Crippen molar-refractivity contribution in [2.75, 3.05) is 0 Å². The van der Waals surface area contributed by atoms with Crippen molar-refractivity contribution in [1.82, 2.24) is 5.43 Å². The highest BCUT2D eigenvalue weighted by atomic mass is 16.6. The fraction of sp³-hybridized carbons (Fsp3) is 0.250. The van der Waals surface area contributed by atoms with Crippen LogP contribution in [0.25, 0.3) is 0 Å². The van der Waals surface area contributed by atoms with E-state index in [2.05, 4.69) is 31.3 Å². The number of rotatable bonds is 4. The largest absolute Gasteiger partial charge is 0.433 e. The molecule has 0 bridgehead atoms. The van der Waals surface area contributed by atoms with Gasteiger partial charge < -0.3 is 4.42 Å². The average Bonchev–Trinajstić information content (AvgIpc) is 2.95. The first-order chi connectivity index (χ1) is 10.8. The number of nitro groups is 1. The van der Waals surface area contributed by atoms with Gasteiger partial charge in [-0.3, -0.25) is 14.9 Å². The Hall–Kier alpha value is -2.96. The first-order valence-corrected chi connectivity index (χ1v) is 6.95. The monoisotopic (exact) mass is 315 g/mol. The third kappa shape index (κ3) is 4.26. The van der Waals surface area contributed by atoms with E-state index >= 15 is 0 Å². The van der Waals surface area contributed by atoms with Crippen LogP contribution in [0.3, 0.4) is 0 Å². The quantitative estimate of drug-likeness (QED) is 0.532. The highest BCUT2D eigenvalue weighted by Crippen LogP contribution is 2.22. The summed E-state index contributed by atoms with van der Waals surface area (Å²) in [6.07, 6.45) is 1.20. The maximum Gasteiger partial charge on any atom is 0.433 e. The number of hydrazone groups is 1. The van der Waals surface area contributed by atoms with Gasteiger partial charge in [0.15, 0.2) is 5.76 Å². The lowest BCUT2D eigenvalue weighted by atomic mass is 9.87. The lowest BCUT2D eigenvalue weighted by molar-refractivity contribution is -0.402. The average molecular weight is 315 g/mol. The van der Waals surface area contributed by atoms with Gasteiger partial charge in [0.25, 0.3) is 5.91 Å². The van der Waals surface area contributed by atoms with Crippen molar-refractivity contribution in [3.63, 3.8) is 0 Å². The number of carbonyl (C=O) groups is 1. The molecule has 7 heteroatoms. The molecule has 7 nitrogen and oxygen atoms in total. The summed E-state index contributed by atoms with van der Waals surface area (Å²) in [7, 11) is 0. The molecule has 0 aliphatic rings. The predicted octanol–water partition coefficient (Wildman–Crippen LogP) is 3.25. The van der Waals surface area contributed by atoms with Crippen LogP contribution in [0, 0.1) is 10.1 Å². The molecule has 0 spiro atoms. The molecule has 0 aliphatic heterocycles. The van der Waals surface area contributed by atoms with Crippen molar-refractivity contribution in [1.29, 1.82) is 0 Å². The molecule has 1 heterocycles. The Balaban J connectivity index is 1.98. The Labute approximate surface area is 133 Å². The van der Waals surface area contributed by atoms with Gasteiger partial charge in [-0.25, -0.2) is 5.43 Å². The van der Waals surface area contributed by atoms with E-state index in [1.165, 1.54) is 18.3 Å². The molecule has 0 fully saturated rings. The van der Waals surface area contributed by atoms with Gasteiger partial charge in [0.05, 0.1) is 12.3 Å². The Kier molecular flexibility index (Phi) is 4.59. The SMILES string of the molecule is CC(C)(C)c1ccc(C(=O)N/N=C/c2ccc([N+](=O)[O-])o2)cc1. The lowest BCUT2D eigenvalue weighted by Crippen LogP contribution is -2.18. The Morgan fingerprint density at radius 1 is 1.22 bits per heavy atom. The summed E-state index contributed by atoms with van der Waals surface area (Å²) in [6, 6.07) is 9.86. The maximum atomic E-state index is 11.9. The zero-order valence-corrected chi connectivity index (χ0v) is 13.1. The van der Waals surface area contributed by atoms with Crippen molar-refractivity contribution >= 4 is 18.0 Å². The Bertz CT molecular complexity index is 739. The second-order valence-corrected chi connectivity index (χ2v) is 5.96. The zero-order chi connectivity index (χ0) is 17.0. The van der Waals surface area contributed by atoms with E-state index in [0.29, 0.717) is 5.56 Å². The third-order valence-electron chi connectivity index (χ3n) is 3.16. The molecule has 1 amide bonds. The summed E-state index contributed by atoms with van der Waals surface area (Å²) in [4.78, 5) is 21.8. The van der Waals surface area contributed by atoms with Crippen LogP contribution in [0.15, 0.2) is 45.9 Å². The van der Waals surface area contributed by atoms with Crippen LogP contribution >= 0.6 is 0 Å². The molecule has 0 saturated carbocycles. The lowest BCUT2D eigenvalue weighted by Gasteiger charge is -2.18. The topological polar surface area (TPSA) is 97.7 Å². The van der Waals surface area contributed by atoms with Gasteiger partial charge in [0.2, 0.25) is 0 Å². The number of nitrogens with zero attached hydrogens (tertiary/aromatic N) is 2. The standard InChI is InChI=1S/C16H17N3O4/c1-16(2,3)12-6-4-11(5-7-12)15(20)18-17-10-13-8-9-14(23-13)19(21)22/h4-10H,1-3H3,(H,18,20)/b17-10+. The molecule has 2 aromatic rings. The molecule has 2 rings (SSSR count). The van der Waals surface area contributed by atoms with Crippen molar-refractivity contribution in [2.45, 2.75) is 26.2 Å². The molecular formula is C16H17N3O4. The molecule has 0 atom stereocenters. The summed E-state index contributed by atoms with van der Waals surface area (Å²) in [6.45, 7) is 6.28. The summed E-state index contributed by atoms with van der Waals surface area (Å²) >= 11 is 0. The molecule has 23 heavy (non-hydrogen) atoms. The number of nitrogens with one attached hydrogen (secondary N) is 1. The third-order valence-corrected chi connectivity index (χ3v) is 3.16.